The fraction of sp³-hybridized carbons (Fsp3) is 0.333. The molecular weight excluding hydrogens is 483 g/mol. The van der Waals surface area contributed by atoms with E-state index in [-0.39, 0.29) is 35.8 Å². The van der Waals surface area contributed by atoms with Gasteiger partial charge in [0.1, 0.15) is 5.82 Å². The number of carbonyl (C=O) groups is 2. The predicted molar refractivity (Wildman–Crippen MR) is 144 cm³/mol. The summed E-state index contributed by atoms with van der Waals surface area (Å²) in [5.41, 5.74) is 3.46. The number of rotatable bonds is 8. The van der Waals surface area contributed by atoms with Crippen molar-refractivity contribution in [2.24, 2.45) is 0 Å². The van der Waals surface area contributed by atoms with Gasteiger partial charge in [-0.05, 0) is 80.1 Å². The van der Waals surface area contributed by atoms with Crippen LogP contribution in [0.25, 0.3) is 0 Å². The highest BCUT2D eigenvalue weighted by molar-refractivity contribution is 5.97. The lowest BCUT2D eigenvalue weighted by atomic mass is 9.93. The molecule has 2 N–H and O–H groups in total. The van der Waals surface area contributed by atoms with Crippen LogP contribution in [0.15, 0.2) is 66.0 Å². The second kappa shape index (κ2) is 11.1. The molecule has 0 radical (unpaired) electrons. The number of halogens is 1. The third-order valence-corrected chi connectivity index (χ3v) is 7.53. The molecule has 2 amide bonds. The largest absolute Gasteiger partial charge is 0.343 e. The van der Waals surface area contributed by atoms with Crippen molar-refractivity contribution < 1.29 is 14.0 Å². The SMILES string of the molecule is C=C[C@]1(CC)CC[C@@H](c2cccc(F)c2)N1C(=O)CNC(=O)c1ccc(Cc2cc(C)n[nH]c2=O)c(C)c1. The maximum Gasteiger partial charge on any atom is 0.267 e. The Morgan fingerprint density at radius 3 is 2.68 bits per heavy atom. The van der Waals surface area contributed by atoms with Gasteiger partial charge in [-0.1, -0.05) is 31.2 Å². The van der Waals surface area contributed by atoms with Crippen molar-refractivity contribution in [2.45, 2.75) is 58.0 Å². The summed E-state index contributed by atoms with van der Waals surface area (Å²) < 4.78 is 14.0. The molecule has 1 aliphatic rings. The number of carbonyl (C=O) groups excluding carboxylic acids is 2. The van der Waals surface area contributed by atoms with Crippen LogP contribution in [0.3, 0.4) is 0 Å². The number of nitrogens with one attached hydrogen (secondary N) is 2. The molecule has 0 aliphatic carbocycles. The highest BCUT2D eigenvalue weighted by Gasteiger charge is 2.46. The van der Waals surface area contributed by atoms with Gasteiger partial charge in [0, 0.05) is 17.5 Å². The van der Waals surface area contributed by atoms with Gasteiger partial charge in [-0.3, -0.25) is 14.4 Å². The number of H-pyrrole nitrogens is 1. The lowest BCUT2D eigenvalue weighted by molar-refractivity contribution is -0.135. The zero-order chi connectivity index (χ0) is 27.4. The van der Waals surface area contributed by atoms with E-state index in [0.717, 1.165) is 22.4 Å². The molecule has 38 heavy (non-hydrogen) atoms. The molecule has 0 bridgehead atoms. The number of aryl methyl sites for hydroxylation is 2. The van der Waals surface area contributed by atoms with Gasteiger partial charge in [0.15, 0.2) is 0 Å². The molecule has 4 rings (SSSR count). The normalized spacial score (nSPS) is 18.8. The van der Waals surface area contributed by atoms with Crippen molar-refractivity contribution in [2.75, 3.05) is 6.54 Å². The number of hydrogen-bond acceptors (Lipinski definition) is 4. The minimum absolute atomic E-state index is 0.188. The Bertz CT molecular complexity index is 1430. The fourth-order valence-electron chi connectivity index (χ4n) is 5.37. The van der Waals surface area contributed by atoms with E-state index < -0.39 is 5.54 Å². The lowest BCUT2D eigenvalue weighted by Crippen LogP contribution is -2.50. The molecule has 1 aliphatic heterocycles. The van der Waals surface area contributed by atoms with Crippen molar-refractivity contribution in [3.05, 3.63) is 111 Å². The van der Waals surface area contributed by atoms with Crippen molar-refractivity contribution in [3.8, 4) is 0 Å². The molecule has 0 unspecified atom stereocenters. The van der Waals surface area contributed by atoms with E-state index in [1.165, 1.54) is 12.1 Å². The quantitative estimate of drug-likeness (QED) is 0.430. The zero-order valence-electron chi connectivity index (χ0n) is 22.0. The average molecular weight is 517 g/mol. The summed E-state index contributed by atoms with van der Waals surface area (Å²) in [5, 5.41) is 9.15. The van der Waals surface area contributed by atoms with Gasteiger partial charge in [-0.25, -0.2) is 9.49 Å². The summed E-state index contributed by atoms with van der Waals surface area (Å²) in [4.78, 5) is 40.3. The van der Waals surface area contributed by atoms with Crippen LogP contribution in [0, 0.1) is 19.7 Å². The summed E-state index contributed by atoms with van der Waals surface area (Å²) in [6, 6.07) is 13.0. The van der Waals surface area contributed by atoms with Crippen LogP contribution in [-0.4, -0.2) is 39.0 Å². The highest BCUT2D eigenvalue weighted by atomic mass is 19.1. The number of aromatic nitrogens is 2. The molecule has 1 fully saturated rings. The lowest BCUT2D eigenvalue weighted by Gasteiger charge is -2.39. The van der Waals surface area contributed by atoms with Gasteiger partial charge in [0.05, 0.1) is 23.8 Å². The minimum Gasteiger partial charge on any atom is -0.343 e. The van der Waals surface area contributed by atoms with Crippen molar-refractivity contribution in [1.82, 2.24) is 20.4 Å². The molecule has 2 heterocycles. The molecule has 198 valence electrons. The molecule has 0 saturated carbocycles. The number of amides is 2. The number of hydrogen-bond donors (Lipinski definition) is 2. The van der Waals surface area contributed by atoms with Crippen molar-refractivity contribution in [1.29, 1.82) is 0 Å². The third-order valence-electron chi connectivity index (χ3n) is 7.53. The molecule has 3 aromatic rings. The Balaban J connectivity index is 1.48. The van der Waals surface area contributed by atoms with Gasteiger partial charge in [-0.2, -0.15) is 5.10 Å². The van der Waals surface area contributed by atoms with E-state index in [0.29, 0.717) is 36.8 Å². The van der Waals surface area contributed by atoms with Crippen molar-refractivity contribution >= 4 is 11.8 Å². The van der Waals surface area contributed by atoms with Gasteiger partial charge < -0.3 is 10.2 Å². The van der Waals surface area contributed by atoms with Crippen LogP contribution in [0.4, 0.5) is 4.39 Å². The van der Waals surface area contributed by atoms with Crippen LogP contribution in [0.5, 0.6) is 0 Å². The topological polar surface area (TPSA) is 95.2 Å². The van der Waals surface area contributed by atoms with E-state index in [1.54, 1.807) is 35.2 Å². The molecule has 1 saturated heterocycles. The predicted octanol–water partition coefficient (Wildman–Crippen LogP) is 4.54. The molecular formula is C30H33FN4O3. The van der Waals surface area contributed by atoms with Gasteiger partial charge in [-0.15, -0.1) is 6.58 Å². The highest BCUT2D eigenvalue weighted by Crippen LogP contribution is 2.45. The maximum atomic E-state index is 14.0. The summed E-state index contributed by atoms with van der Waals surface area (Å²) in [6.07, 6.45) is 4.28. The first-order valence-corrected chi connectivity index (χ1v) is 12.8. The average Bonchev–Trinajstić information content (AvgIpc) is 3.30. The van der Waals surface area contributed by atoms with Crippen LogP contribution in [-0.2, 0) is 11.2 Å². The number of likely N-dealkylation sites (tertiary alicyclic amines) is 1. The number of nitrogens with zero attached hydrogens (tertiary/aromatic N) is 2. The maximum absolute atomic E-state index is 14.0. The van der Waals surface area contributed by atoms with Gasteiger partial charge in [0.25, 0.3) is 11.5 Å². The Morgan fingerprint density at radius 2 is 2.00 bits per heavy atom. The summed E-state index contributed by atoms with van der Waals surface area (Å²) in [6.45, 7) is 9.49. The molecule has 1 aromatic heterocycles. The molecule has 0 spiro atoms. The van der Waals surface area contributed by atoms with Crippen molar-refractivity contribution in [3.63, 3.8) is 0 Å². The first-order chi connectivity index (χ1) is 18.2. The van der Waals surface area contributed by atoms with Crippen LogP contribution in [0.2, 0.25) is 0 Å². The molecule has 8 heteroatoms. The molecule has 2 atom stereocenters. The smallest absolute Gasteiger partial charge is 0.267 e. The van der Waals surface area contributed by atoms with Crippen LogP contribution < -0.4 is 10.9 Å². The monoisotopic (exact) mass is 516 g/mol. The second-order valence-electron chi connectivity index (χ2n) is 9.90. The zero-order valence-corrected chi connectivity index (χ0v) is 22.0. The van der Waals surface area contributed by atoms with E-state index in [4.69, 9.17) is 0 Å². The third kappa shape index (κ3) is 5.44. The summed E-state index contributed by atoms with van der Waals surface area (Å²) in [7, 11) is 0. The Labute approximate surface area is 221 Å². The van der Waals surface area contributed by atoms with E-state index in [9.17, 15) is 18.8 Å². The fourth-order valence-corrected chi connectivity index (χ4v) is 5.37. The molecule has 7 nitrogen and oxygen atoms in total. The second-order valence-corrected chi connectivity index (χ2v) is 9.90. The summed E-state index contributed by atoms with van der Waals surface area (Å²) in [5.74, 6) is -0.960. The van der Waals surface area contributed by atoms with Gasteiger partial charge in [0.2, 0.25) is 5.91 Å². The van der Waals surface area contributed by atoms with E-state index in [1.807, 2.05) is 32.9 Å². The standard InChI is InChI=1S/C30H33FN4O3/c1-5-30(6-2)13-12-26(22-8-7-9-25(31)17-22)35(30)27(36)18-32-28(37)23-11-10-21(19(3)14-23)16-24-15-20(4)33-34-29(24)38/h5,7-11,14-15,17,26H,1,6,12-13,16,18H2,2-4H3,(H,32,37)(H,34,38)/t26-,30-/m0/s1. The van der Waals surface area contributed by atoms with Crippen LogP contribution in [0.1, 0.15) is 70.5 Å². The van der Waals surface area contributed by atoms with E-state index >= 15 is 0 Å². The Kier molecular flexibility index (Phi) is 7.90. The molecule has 2 aromatic carbocycles. The Hall–Kier alpha value is -4.07. The Morgan fingerprint density at radius 1 is 1.21 bits per heavy atom. The van der Waals surface area contributed by atoms with E-state index in [2.05, 4.69) is 22.1 Å². The number of benzene rings is 2. The first kappa shape index (κ1) is 27.0. The van der Waals surface area contributed by atoms with Gasteiger partial charge >= 0.3 is 0 Å². The summed E-state index contributed by atoms with van der Waals surface area (Å²) >= 11 is 0. The van der Waals surface area contributed by atoms with Crippen LogP contribution >= 0.6 is 0 Å². The first-order valence-electron chi connectivity index (χ1n) is 12.8. The number of aromatic amines is 1. The minimum atomic E-state index is -0.555.